The molecule has 17 heavy (non-hydrogen) atoms. The minimum atomic E-state index is -0.775. The lowest BCUT2D eigenvalue weighted by Gasteiger charge is -2.19. The van der Waals surface area contributed by atoms with Gasteiger partial charge in [-0.05, 0) is 47.5 Å². The van der Waals surface area contributed by atoms with Crippen LogP contribution in [0, 0.1) is 0 Å². The monoisotopic (exact) mass is 298 g/mol. The van der Waals surface area contributed by atoms with E-state index in [4.69, 9.17) is 5.73 Å². The van der Waals surface area contributed by atoms with Crippen LogP contribution in [0.25, 0.3) is 0 Å². The highest BCUT2D eigenvalue weighted by molar-refractivity contribution is 9.10. The summed E-state index contributed by atoms with van der Waals surface area (Å²) < 4.78 is 0.725. The Bertz CT molecular complexity index is 460. The smallest absolute Gasteiger partial charge is 0.255 e. The molecule has 0 aromatic heterocycles. The van der Waals surface area contributed by atoms with E-state index >= 15 is 0 Å². The normalized spacial score (nSPS) is 24.1. The fourth-order valence-corrected chi connectivity index (χ4v) is 2.41. The number of likely N-dealkylation sites (tertiary alicyclic amines) is 1. The van der Waals surface area contributed by atoms with E-state index < -0.39 is 5.60 Å². The molecule has 0 saturated carbocycles. The molecule has 1 aromatic carbocycles. The molecule has 1 aliphatic rings. The van der Waals surface area contributed by atoms with Crippen LogP contribution in [0.4, 0.5) is 5.69 Å². The van der Waals surface area contributed by atoms with E-state index in [1.54, 1.807) is 30.0 Å². The van der Waals surface area contributed by atoms with Crippen LogP contribution in [0.2, 0.25) is 0 Å². The van der Waals surface area contributed by atoms with Crippen LogP contribution in [-0.4, -0.2) is 34.6 Å². The zero-order valence-electron chi connectivity index (χ0n) is 9.61. The van der Waals surface area contributed by atoms with Crippen molar-refractivity contribution in [3.63, 3.8) is 0 Å². The fraction of sp³-hybridized carbons (Fsp3) is 0.417. The molecule has 1 aliphatic heterocycles. The number of anilines is 1. The number of carbonyl (C=O) groups excluding carboxylic acids is 1. The number of aliphatic hydroxyl groups is 1. The third kappa shape index (κ3) is 2.61. The first kappa shape index (κ1) is 12.4. The lowest BCUT2D eigenvalue weighted by molar-refractivity contribution is 0.0571. The van der Waals surface area contributed by atoms with Crippen molar-refractivity contribution in [2.75, 3.05) is 18.8 Å². The molecule has 0 radical (unpaired) electrons. The van der Waals surface area contributed by atoms with Gasteiger partial charge in [-0.15, -0.1) is 0 Å². The van der Waals surface area contributed by atoms with Crippen LogP contribution in [0.15, 0.2) is 22.7 Å². The second kappa shape index (κ2) is 4.31. The first-order valence-electron chi connectivity index (χ1n) is 5.46. The summed E-state index contributed by atoms with van der Waals surface area (Å²) in [5, 5.41) is 9.85. The van der Waals surface area contributed by atoms with Crippen LogP contribution < -0.4 is 5.73 Å². The number of nitrogens with zero attached hydrogens (tertiary/aromatic N) is 1. The second-order valence-electron chi connectivity index (χ2n) is 4.71. The lowest BCUT2D eigenvalue weighted by Crippen LogP contribution is -2.34. The average molecular weight is 299 g/mol. The molecule has 0 bridgehead atoms. The molecule has 92 valence electrons. The summed E-state index contributed by atoms with van der Waals surface area (Å²) in [6, 6.07) is 5.15. The summed E-state index contributed by atoms with van der Waals surface area (Å²) in [6.45, 7) is 2.69. The van der Waals surface area contributed by atoms with Gasteiger partial charge in [-0.1, -0.05) is 0 Å². The van der Waals surface area contributed by atoms with Crippen molar-refractivity contribution in [2.24, 2.45) is 0 Å². The number of halogens is 1. The third-order valence-electron chi connectivity index (χ3n) is 2.96. The van der Waals surface area contributed by atoms with Gasteiger partial charge in [0.1, 0.15) is 0 Å². The molecule has 4 nitrogen and oxygen atoms in total. The molecular weight excluding hydrogens is 284 g/mol. The van der Waals surface area contributed by atoms with Crippen molar-refractivity contribution in [3.8, 4) is 0 Å². The number of hydrogen-bond donors (Lipinski definition) is 2. The number of β-amino-alcohol motifs (C(OH)–C–C–N with tert-alkyl or cyclic N) is 1. The standard InChI is InChI=1S/C12H15BrN2O2/c1-12(17)4-5-15(7-12)11(16)9-6-8(14)2-3-10(9)13/h2-3,6,17H,4-5,7,14H2,1H3. The highest BCUT2D eigenvalue weighted by Gasteiger charge is 2.34. The number of hydrogen-bond acceptors (Lipinski definition) is 3. The number of nitrogen functional groups attached to an aromatic ring is 1. The third-order valence-corrected chi connectivity index (χ3v) is 3.65. The van der Waals surface area contributed by atoms with Gasteiger partial charge in [0.15, 0.2) is 0 Å². The Hall–Kier alpha value is -1.07. The van der Waals surface area contributed by atoms with E-state index in [0.717, 1.165) is 4.47 Å². The number of rotatable bonds is 1. The molecule has 2 rings (SSSR count). The minimum Gasteiger partial charge on any atom is -0.399 e. The summed E-state index contributed by atoms with van der Waals surface area (Å²) in [6.07, 6.45) is 0.610. The van der Waals surface area contributed by atoms with E-state index in [-0.39, 0.29) is 5.91 Å². The maximum atomic E-state index is 12.2. The minimum absolute atomic E-state index is 0.0954. The van der Waals surface area contributed by atoms with Crippen molar-refractivity contribution in [1.29, 1.82) is 0 Å². The van der Waals surface area contributed by atoms with Gasteiger partial charge in [0.25, 0.3) is 5.91 Å². The first-order valence-corrected chi connectivity index (χ1v) is 6.25. The zero-order valence-corrected chi connectivity index (χ0v) is 11.2. The number of nitrogens with two attached hydrogens (primary N) is 1. The van der Waals surface area contributed by atoms with E-state index in [0.29, 0.717) is 30.8 Å². The summed E-state index contributed by atoms with van der Waals surface area (Å²) in [5.74, 6) is -0.0954. The molecular formula is C12H15BrN2O2. The predicted molar refractivity (Wildman–Crippen MR) is 69.7 cm³/mol. The molecule has 1 saturated heterocycles. The van der Waals surface area contributed by atoms with Crippen molar-refractivity contribution in [2.45, 2.75) is 18.9 Å². The molecule has 0 aliphatic carbocycles. The van der Waals surface area contributed by atoms with Crippen molar-refractivity contribution in [1.82, 2.24) is 4.90 Å². The zero-order chi connectivity index (χ0) is 12.6. The molecule has 5 heteroatoms. The summed E-state index contributed by atoms with van der Waals surface area (Å²) >= 11 is 3.34. The molecule has 0 spiro atoms. The summed E-state index contributed by atoms with van der Waals surface area (Å²) in [5.41, 5.74) is 6.00. The van der Waals surface area contributed by atoms with Crippen LogP contribution in [0.1, 0.15) is 23.7 Å². The fourth-order valence-electron chi connectivity index (χ4n) is 2.00. The van der Waals surface area contributed by atoms with Gasteiger partial charge in [0.05, 0.1) is 11.2 Å². The maximum absolute atomic E-state index is 12.2. The van der Waals surface area contributed by atoms with E-state index in [1.807, 2.05) is 0 Å². The molecule has 1 aromatic rings. The highest BCUT2D eigenvalue weighted by atomic mass is 79.9. The molecule has 3 N–H and O–H groups in total. The van der Waals surface area contributed by atoms with Crippen LogP contribution in [0.3, 0.4) is 0 Å². The van der Waals surface area contributed by atoms with Crippen LogP contribution >= 0.6 is 15.9 Å². The lowest BCUT2D eigenvalue weighted by atomic mass is 10.1. The van der Waals surface area contributed by atoms with Crippen LogP contribution in [-0.2, 0) is 0 Å². The second-order valence-corrected chi connectivity index (χ2v) is 5.57. The Morgan fingerprint density at radius 3 is 2.88 bits per heavy atom. The molecule has 1 fully saturated rings. The summed E-state index contributed by atoms with van der Waals surface area (Å²) in [7, 11) is 0. The van der Waals surface area contributed by atoms with E-state index in [1.165, 1.54) is 0 Å². The van der Waals surface area contributed by atoms with Crippen molar-refractivity contribution in [3.05, 3.63) is 28.2 Å². The van der Waals surface area contributed by atoms with Gasteiger partial charge in [-0.3, -0.25) is 4.79 Å². The summed E-state index contributed by atoms with van der Waals surface area (Å²) in [4.78, 5) is 13.9. The average Bonchev–Trinajstić information content (AvgIpc) is 2.61. The van der Waals surface area contributed by atoms with Gasteiger partial charge < -0.3 is 15.7 Å². The Labute approximate surface area is 109 Å². The Kier molecular flexibility index (Phi) is 3.14. The molecule has 1 atom stereocenters. The maximum Gasteiger partial charge on any atom is 0.255 e. The van der Waals surface area contributed by atoms with E-state index in [2.05, 4.69) is 15.9 Å². The van der Waals surface area contributed by atoms with Gasteiger partial charge in [0, 0.05) is 23.2 Å². The van der Waals surface area contributed by atoms with Crippen molar-refractivity contribution >= 4 is 27.5 Å². The number of carbonyl (C=O) groups is 1. The highest BCUT2D eigenvalue weighted by Crippen LogP contribution is 2.26. The number of amides is 1. The SMILES string of the molecule is CC1(O)CCN(C(=O)c2cc(N)ccc2Br)C1. The van der Waals surface area contributed by atoms with Gasteiger partial charge in [-0.25, -0.2) is 0 Å². The van der Waals surface area contributed by atoms with Gasteiger partial charge in [0.2, 0.25) is 0 Å². The Morgan fingerprint density at radius 1 is 1.59 bits per heavy atom. The van der Waals surface area contributed by atoms with Gasteiger partial charge >= 0.3 is 0 Å². The van der Waals surface area contributed by atoms with Crippen LogP contribution in [0.5, 0.6) is 0 Å². The van der Waals surface area contributed by atoms with Gasteiger partial charge in [-0.2, -0.15) is 0 Å². The largest absolute Gasteiger partial charge is 0.399 e. The predicted octanol–water partition coefficient (Wildman–Crippen LogP) is 1.63. The molecule has 1 amide bonds. The van der Waals surface area contributed by atoms with E-state index in [9.17, 15) is 9.90 Å². The number of benzene rings is 1. The van der Waals surface area contributed by atoms with Crippen molar-refractivity contribution < 1.29 is 9.90 Å². The Balaban J connectivity index is 2.23. The first-order chi connectivity index (χ1) is 7.89. The topological polar surface area (TPSA) is 66.6 Å². The molecule has 1 unspecified atom stereocenters. The quantitative estimate of drug-likeness (QED) is 0.775. The Morgan fingerprint density at radius 2 is 2.29 bits per heavy atom. The molecule has 1 heterocycles.